The van der Waals surface area contributed by atoms with Crippen molar-refractivity contribution in [1.82, 2.24) is 10.5 Å². The summed E-state index contributed by atoms with van der Waals surface area (Å²) in [6, 6.07) is 3.55. The fourth-order valence-electron chi connectivity index (χ4n) is 2.15. The van der Waals surface area contributed by atoms with Crippen LogP contribution in [0, 0.1) is 0 Å². The molecule has 2 aromatic rings. The van der Waals surface area contributed by atoms with Crippen molar-refractivity contribution in [1.29, 1.82) is 0 Å². The van der Waals surface area contributed by atoms with E-state index in [1.54, 1.807) is 12.1 Å². The minimum Gasteiger partial charge on any atom is -0.367 e. The number of nitrogen functional groups attached to an aromatic ring is 1. The molecular formula is C15H20ClN3O2S. The Balaban J connectivity index is 1.96. The standard InChI is InChI=1S/C15H20ClN3O2S/c1-2-3-4-5-6-9-18-15(20)12-13(19-21-14(12)17)10-7-8-11(16)22-10/h7-8H,2-6,9,17H2,1H3,(H,18,20). The summed E-state index contributed by atoms with van der Waals surface area (Å²) in [7, 11) is 0. The number of nitrogens with zero attached hydrogens (tertiary/aromatic N) is 1. The molecule has 0 unspecified atom stereocenters. The summed E-state index contributed by atoms with van der Waals surface area (Å²) < 4.78 is 5.59. The molecule has 0 bridgehead atoms. The summed E-state index contributed by atoms with van der Waals surface area (Å²) in [6.45, 7) is 2.80. The zero-order chi connectivity index (χ0) is 15.9. The average Bonchev–Trinajstić information content (AvgIpc) is 3.08. The van der Waals surface area contributed by atoms with Crippen molar-refractivity contribution in [2.24, 2.45) is 0 Å². The van der Waals surface area contributed by atoms with Crippen molar-refractivity contribution in [3.05, 3.63) is 22.0 Å². The summed E-state index contributed by atoms with van der Waals surface area (Å²) >= 11 is 7.25. The van der Waals surface area contributed by atoms with Crippen molar-refractivity contribution in [3.8, 4) is 10.6 Å². The van der Waals surface area contributed by atoms with Crippen LogP contribution in [-0.4, -0.2) is 17.6 Å². The Bertz CT molecular complexity index is 624. The van der Waals surface area contributed by atoms with Gasteiger partial charge in [-0.25, -0.2) is 0 Å². The molecule has 0 aliphatic carbocycles. The van der Waals surface area contributed by atoms with Crippen LogP contribution in [0.25, 0.3) is 10.6 Å². The van der Waals surface area contributed by atoms with Gasteiger partial charge in [0.1, 0.15) is 11.3 Å². The van der Waals surface area contributed by atoms with Crippen molar-refractivity contribution < 1.29 is 9.32 Å². The maximum absolute atomic E-state index is 12.3. The van der Waals surface area contributed by atoms with E-state index in [9.17, 15) is 4.79 Å². The predicted molar refractivity (Wildman–Crippen MR) is 90.3 cm³/mol. The van der Waals surface area contributed by atoms with Crippen molar-refractivity contribution in [2.75, 3.05) is 12.3 Å². The molecule has 0 fully saturated rings. The van der Waals surface area contributed by atoms with E-state index in [1.165, 1.54) is 30.6 Å². The van der Waals surface area contributed by atoms with Crippen molar-refractivity contribution in [3.63, 3.8) is 0 Å². The summed E-state index contributed by atoms with van der Waals surface area (Å²) in [4.78, 5) is 13.1. The fourth-order valence-corrected chi connectivity index (χ4v) is 3.18. The second kappa shape index (κ2) is 8.19. The number of halogens is 1. The molecule has 1 amide bonds. The van der Waals surface area contributed by atoms with Gasteiger partial charge < -0.3 is 15.6 Å². The largest absolute Gasteiger partial charge is 0.367 e. The van der Waals surface area contributed by atoms with Crippen molar-refractivity contribution in [2.45, 2.75) is 39.0 Å². The molecule has 5 nitrogen and oxygen atoms in total. The average molecular weight is 342 g/mol. The first kappa shape index (κ1) is 16.8. The van der Waals surface area contributed by atoms with Crippen molar-refractivity contribution >= 4 is 34.7 Å². The number of anilines is 1. The topological polar surface area (TPSA) is 81.2 Å². The molecule has 120 valence electrons. The molecule has 2 aromatic heterocycles. The Morgan fingerprint density at radius 1 is 1.36 bits per heavy atom. The number of nitrogens with two attached hydrogens (primary N) is 1. The van der Waals surface area contributed by atoms with Crippen LogP contribution in [0.1, 0.15) is 49.4 Å². The first-order valence-electron chi connectivity index (χ1n) is 7.42. The lowest BCUT2D eigenvalue weighted by Crippen LogP contribution is -2.25. The maximum atomic E-state index is 12.3. The number of carbonyl (C=O) groups is 1. The van der Waals surface area contributed by atoms with Crippen LogP contribution in [0.5, 0.6) is 0 Å². The Labute approximate surface area is 138 Å². The molecule has 0 spiro atoms. The Morgan fingerprint density at radius 3 is 2.82 bits per heavy atom. The van der Waals surface area contributed by atoms with E-state index in [0.717, 1.165) is 17.7 Å². The number of unbranched alkanes of at least 4 members (excludes halogenated alkanes) is 4. The van der Waals surface area contributed by atoms with Gasteiger partial charge in [-0.15, -0.1) is 11.3 Å². The maximum Gasteiger partial charge on any atom is 0.259 e. The van der Waals surface area contributed by atoms with Crippen LogP contribution in [0.2, 0.25) is 4.34 Å². The minimum atomic E-state index is -0.256. The molecular weight excluding hydrogens is 322 g/mol. The van der Waals surface area contributed by atoms with Gasteiger partial charge >= 0.3 is 0 Å². The number of hydrogen-bond donors (Lipinski definition) is 2. The van der Waals surface area contributed by atoms with E-state index in [0.29, 0.717) is 16.6 Å². The van der Waals surface area contributed by atoms with Gasteiger partial charge in [0.05, 0.1) is 9.21 Å². The van der Waals surface area contributed by atoms with Crippen LogP contribution < -0.4 is 11.1 Å². The van der Waals surface area contributed by atoms with Gasteiger partial charge in [-0.3, -0.25) is 4.79 Å². The Morgan fingerprint density at radius 2 is 2.14 bits per heavy atom. The van der Waals surface area contributed by atoms with Gasteiger partial charge in [-0.05, 0) is 18.6 Å². The fraction of sp³-hybridized carbons (Fsp3) is 0.467. The number of aromatic nitrogens is 1. The quantitative estimate of drug-likeness (QED) is 0.700. The van der Waals surface area contributed by atoms with Gasteiger partial charge in [-0.2, -0.15) is 0 Å². The summed E-state index contributed by atoms with van der Waals surface area (Å²) in [5.74, 6) is -0.225. The molecule has 0 aliphatic heterocycles. The Kier molecular flexibility index (Phi) is 6.27. The smallest absolute Gasteiger partial charge is 0.259 e. The number of carbonyl (C=O) groups excluding carboxylic acids is 1. The van der Waals surface area contributed by atoms with Gasteiger partial charge in [0.15, 0.2) is 0 Å². The number of thiophene rings is 1. The third-order valence-electron chi connectivity index (χ3n) is 3.32. The zero-order valence-corrected chi connectivity index (χ0v) is 14.1. The SMILES string of the molecule is CCCCCCCNC(=O)c1c(-c2ccc(Cl)s2)noc1N. The monoisotopic (exact) mass is 341 g/mol. The van der Waals surface area contributed by atoms with Gasteiger partial charge in [0.2, 0.25) is 5.88 Å². The highest BCUT2D eigenvalue weighted by Gasteiger charge is 2.23. The van der Waals surface area contributed by atoms with Crippen LogP contribution in [0.4, 0.5) is 5.88 Å². The molecule has 7 heteroatoms. The molecule has 0 atom stereocenters. The van der Waals surface area contributed by atoms with E-state index in [-0.39, 0.29) is 17.4 Å². The number of hydrogen-bond acceptors (Lipinski definition) is 5. The molecule has 22 heavy (non-hydrogen) atoms. The molecule has 0 aliphatic rings. The molecule has 2 rings (SSSR count). The normalized spacial score (nSPS) is 10.8. The lowest BCUT2D eigenvalue weighted by atomic mass is 10.1. The van der Waals surface area contributed by atoms with E-state index in [4.69, 9.17) is 21.9 Å². The lowest BCUT2D eigenvalue weighted by molar-refractivity contribution is 0.0954. The van der Waals surface area contributed by atoms with E-state index >= 15 is 0 Å². The summed E-state index contributed by atoms with van der Waals surface area (Å²) in [6.07, 6.45) is 5.70. The predicted octanol–water partition coefficient (Wildman–Crippen LogP) is 4.34. The highest BCUT2D eigenvalue weighted by Crippen LogP contribution is 2.34. The molecule has 0 saturated heterocycles. The lowest BCUT2D eigenvalue weighted by Gasteiger charge is -2.05. The highest BCUT2D eigenvalue weighted by atomic mass is 35.5. The van der Waals surface area contributed by atoms with Crippen LogP contribution in [-0.2, 0) is 0 Å². The number of nitrogens with one attached hydrogen (secondary N) is 1. The van der Waals surface area contributed by atoms with E-state index < -0.39 is 0 Å². The molecule has 0 saturated carbocycles. The molecule has 0 radical (unpaired) electrons. The van der Waals surface area contributed by atoms with E-state index in [1.807, 2.05) is 0 Å². The second-order valence-electron chi connectivity index (χ2n) is 5.04. The third-order valence-corrected chi connectivity index (χ3v) is 4.56. The number of rotatable bonds is 8. The highest BCUT2D eigenvalue weighted by molar-refractivity contribution is 7.19. The molecule has 3 N–H and O–H groups in total. The van der Waals surface area contributed by atoms with Gasteiger partial charge in [-0.1, -0.05) is 49.4 Å². The second-order valence-corrected chi connectivity index (χ2v) is 6.76. The van der Waals surface area contributed by atoms with E-state index in [2.05, 4.69) is 17.4 Å². The van der Waals surface area contributed by atoms with Crippen LogP contribution in [0.3, 0.4) is 0 Å². The summed E-state index contributed by atoms with van der Waals surface area (Å²) in [5, 5.41) is 6.75. The van der Waals surface area contributed by atoms with Gasteiger partial charge in [0, 0.05) is 6.54 Å². The molecule has 2 heterocycles. The molecule has 0 aromatic carbocycles. The minimum absolute atomic E-state index is 0.0306. The van der Waals surface area contributed by atoms with Gasteiger partial charge in [0.25, 0.3) is 5.91 Å². The first-order valence-corrected chi connectivity index (χ1v) is 8.62. The first-order chi connectivity index (χ1) is 10.6. The zero-order valence-electron chi connectivity index (χ0n) is 12.5. The number of amides is 1. The summed E-state index contributed by atoms with van der Waals surface area (Å²) in [5.41, 5.74) is 6.46. The van der Waals surface area contributed by atoms with Crippen LogP contribution in [0.15, 0.2) is 16.7 Å². The Hall–Kier alpha value is -1.53. The third kappa shape index (κ3) is 4.24. The van der Waals surface area contributed by atoms with Crippen LogP contribution >= 0.6 is 22.9 Å².